The molecule has 0 aliphatic heterocycles. The Morgan fingerprint density at radius 1 is 1.40 bits per heavy atom. The number of aliphatic hydroxyl groups is 2. The maximum atomic E-state index is 12.1. The zero-order valence-corrected chi connectivity index (χ0v) is 12.4. The average molecular weight is 305 g/mol. The SMILES string of the molecule is CNS(=O)(=O)c1cc(C(=O)NC(C)(CO)CO)n(C)c1. The van der Waals surface area contributed by atoms with Crippen molar-refractivity contribution in [3.8, 4) is 0 Å². The van der Waals surface area contributed by atoms with E-state index in [0.717, 1.165) is 0 Å². The predicted octanol–water partition coefficient (Wildman–Crippen LogP) is -1.59. The molecule has 1 rings (SSSR count). The van der Waals surface area contributed by atoms with Crippen molar-refractivity contribution < 1.29 is 23.4 Å². The Bertz CT molecular complexity index is 589. The summed E-state index contributed by atoms with van der Waals surface area (Å²) in [5.74, 6) is -0.587. The van der Waals surface area contributed by atoms with Gasteiger partial charge in [-0.3, -0.25) is 4.79 Å². The average Bonchev–Trinajstić information content (AvgIpc) is 2.81. The van der Waals surface area contributed by atoms with Crippen LogP contribution in [-0.4, -0.2) is 54.9 Å². The lowest BCUT2D eigenvalue weighted by Crippen LogP contribution is -2.52. The molecule has 0 aliphatic rings. The molecular formula is C11H19N3O5S. The van der Waals surface area contributed by atoms with Crippen LogP contribution in [0.5, 0.6) is 0 Å². The van der Waals surface area contributed by atoms with Gasteiger partial charge in [-0.1, -0.05) is 0 Å². The number of sulfonamides is 1. The number of nitrogens with zero attached hydrogens (tertiary/aromatic N) is 1. The van der Waals surface area contributed by atoms with E-state index < -0.39 is 34.7 Å². The summed E-state index contributed by atoms with van der Waals surface area (Å²) in [6, 6.07) is 1.22. The van der Waals surface area contributed by atoms with Gasteiger partial charge in [0, 0.05) is 13.2 Å². The molecule has 0 atom stereocenters. The Balaban J connectivity index is 3.07. The molecule has 1 amide bonds. The van der Waals surface area contributed by atoms with E-state index in [1.165, 1.54) is 37.8 Å². The Kier molecular flexibility index (Phi) is 4.92. The molecule has 9 heteroatoms. The fourth-order valence-corrected chi connectivity index (χ4v) is 2.29. The van der Waals surface area contributed by atoms with Gasteiger partial charge in [-0.15, -0.1) is 0 Å². The fourth-order valence-electron chi connectivity index (χ4n) is 1.49. The molecule has 4 N–H and O–H groups in total. The fraction of sp³-hybridized carbons (Fsp3) is 0.545. The first kappa shape index (κ1) is 16.6. The maximum absolute atomic E-state index is 12.1. The Hall–Kier alpha value is -1.42. The molecule has 0 aliphatic carbocycles. The van der Waals surface area contributed by atoms with Crippen LogP contribution in [0.3, 0.4) is 0 Å². The summed E-state index contributed by atoms with van der Waals surface area (Å²) in [7, 11) is -0.837. The second-order valence-corrected chi connectivity index (χ2v) is 6.60. The summed E-state index contributed by atoms with van der Waals surface area (Å²) < 4.78 is 26.8. The second-order valence-electron chi connectivity index (χ2n) is 4.71. The lowest BCUT2D eigenvalue weighted by atomic mass is 10.1. The summed E-state index contributed by atoms with van der Waals surface area (Å²) in [4.78, 5) is 12.0. The summed E-state index contributed by atoms with van der Waals surface area (Å²) >= 11 is 0. The second kappa shape index (κ2) is 5.92. The normalized spacial score (nSPS) is 12.4. The van der Waals surface area contributed by atoms with Crippen molar-refractivity contribution in [3.63, 3.8) is 0 Å². The van der Waals surface area contributed by atoms with Crippen LogP contribution in [0.15, 0.2) is 17.2 Å². The quantitative estimate of drug-likeness (QED) is 0.505. The highest BCUT2D eigenvalue weighted by molar-refractivity contribution is 7.89. The summed E-state index contributed by atoms with van der Waals surface area (Å²) in [6.07, 6.45) is 1.30. The van der Waals surface area contributed by atoms with Crippen LogP contribution in [0.25, 0.3) is 0 Å². The molecule has 0 bridgehead atoms. The minimum atomic E-state index is -3.64. The van der Waals surface area contributed by atoms with E-state index >= 15 is 0 Å². The zero-order valence-electron chi connectivity index (χ0n) is 11.5. The first-order valence-corrected chi connectivity index (χ1v) is 7.31. The van der Waals surface area contributed by atoms with Gasteiger partial charge in [-0.25, -0.2) is 13.1 Å². The molecule has 0 aromatic carbocycles. The first-order valence-electron chi connectivity index (χ1n) is 5.83. The number of aromatic nitrogens is 1. The van der Waals surface area contributed by atoms with Crippen LogP contribution in [0, 0.1) is 0 Å². The van der Waals surface area contributed by atoms with Crippen molar-refractivity contribution in [3.05, 3.63) is 18.0 Å². The van der Waals surface area contributed by atoms with Gasteiger partial charge in [0.15, 0.2) is 0 Å². The molecule has 0 radical (unpaired) electrons. The van der Waals surface area contributed by atoms with Crippen molar-refractivity contribution in [2.24, 2.45) is 7.05 Å². The Labute approximate surface area is 117 Å². The van der Waals surface area contributed by atoms with Crippen molar-refractivity contribution in [2.75, 3.05) is 20.3 Å². The van der Waals surface area contributed by atoms with E-state index in [2.05, 4.69) is 10.0 Å². The smallest absolute Gasteiger partial charge is 0.268 e. The van der Waals surface area contributed by atoms with Crippen LogP contribution in [0.4, 0.5) is 0 Å². The van der Waals surface area contributed by atoms with E-state index in [1.807, 2.05) is 0 Å². The van der Waals surface area contributed by atoms with E-state index in [9.17, 15) is 13.2 Å². The van der Waals surface area contributed by atoms with Gasteiger partial charge in [0.05, 0.1) is 18.8 Å². The van der Waals surface area contributed by atoms with Crippen LogP contribution in [0.2, 0.25) is 0 Å². The first-order chi connectivity index (χ1) is 9.19. The number of aryl methyl sites for hydroxylation is 1. The van der Waals surface area contributed by atoms with Crippen molar-refractivity contribution >= 4 is 15.9 Å². The number of aliphatic hydroxyl groups excluding tert-OH is 2. The van der Waals surface area contributed by atoms with Gasteiger partial charge in [-0.05, 0) is 20.0 Å². The number of nitrogens with one attached hydrogen (secondary N) is 2. The standard InChI is InChI=1S/C11H19N3O5S/c1-11(6-15,7-16)13-10(17)9-4-8(5-14(9)3)20(18,19)12-2/h4-5,12,15-16H,6-7H2,1-3H3,(H,13,17). The lowest BCUT2D eigenvalue weighted by molar-refractivity contribution is 0.0717. The third kappa shape index (κ3) is 3.37. The van der Waals surface area contributed by atoms with Crippen LogP contribution < -0.4 is 10.0 Å². The zero-order chi connectivity index (χ0) is 15.6. The van der Waals surface area contributed by atoms with Gasteiger partial charge in [0.25, 0.3) is 5.91 Å². The molecule has 0 fully saturated rings. The van der Waals surface area contributed by atoms with E-state index in [0.29, 0.717) is 0 Å². The summed E-state index contributed by atoms with van der Waals surface area (Å²) in [6.45, 7) is 0.585. The van der Waals surface area contributed by atoms with Gasteiger partial charge < -0.3 is 20.1 Å². The monoisotopic (exact) mass is 305 g/mol. The number of carbonyl (C=O) groups excluding carboxylic acids is 1. The molecule has 1 heterocycles. The van der Waals surface area contributed by atoms with Gasteiger partial charge in [0.2, 0.25) is 10.0 Å². The van der Waals surface area contributed by atoms with Crippen molar-refractivity contribution in [1.29, 1.82) is 0 Å². The molecule has 0 saturated heterocycles. The lowest BCUT2D eigenvalue weighted by Gasteiger charge is -2.26. The minimum Gasteiger partial charge on any atom is -0.394 e. The van der Waals surface area contributed by atoms with Crippen molar-refractivity contribution in [1.82, 2.24) is 14.6 Å². The van der Waals surface area contributed by atoms with Gasteiger partial charge in [0.1, 0.15) is 10.6 Å². The third-order valence-corrected chi connectivity index (χ3v) is 4.29. The summed E-state index contributed by atoms with van der Waals surface area (Å²) in [5.41, 5.74) is -1.07. The molecule has 1 aromatic heterocycles. The maximum Gasteiger partial charge on any atom is 0.268 e. The molecule has 0 unspecified atom stereocenters. The number of amides is 1. The predicted molar refractivity (Wildman–Crippen MR) is 71.7 cm³/mol. The summed E-state index contributed by atoms with van der Waals surface area (Å²) in [5, 5.41) is 20.7. The van der Waals surface area contributed by atoms with Crippen LogP contribution >= 0.6 is 0 Å². The van der Waals surface area contributed by atoms with Gasteiger partial charge >= 0.3 is 0 Å². The topological polar surface area (TPSA) is 121 Å². The van der Waals surface area contributed by atoms with Gasteiger partial charge in [-0.2, -0.15) is 0 Å². The van der Waals surface area contributed by atoms with E-state index in [1.54, 1.807) is 0 Å². The number of hydrogen-bond acceptors (Lipinski definition) is 5. The number of rotatable bonds is 6. The molecule has 20 heavy (non-hydrogen) atoms. The molecule has 0 saturated carbocycles. The highest BCUT2D eigenvalue weighted by Gasteiger charge is 2.27. The minimum absolute atomic E-state index is 0.0395. The molecule has 0 spiro atoms. The highest BCUT2D eigenvalue weighted by atomic mass is 32.2. The molecule has 1 aromatic rings. The van der Waals surface area contributed by atoms with Crippen LogP contribution in [-0.2, 0) is 17.1 Å². The highest BCUT2D eigenvalue weighted by Crippen LogP contribution is 2.14. The molecule has 8 nitrogen and oxygen atoms in total. The van der Waals surface area contributed by atoms with Crippen LogP contribution in [0.1, 0.15) is 17.4 Å². The van der Waals surface area contributed by atoms with E-state index in [4.69, 9.17) is 10.2 Å². The van der Waals surface area contributed by atoms with Crippen molar-refractivity contribution in [2.45, 2.75) is 17.4 Å². The Morgan fingerprint density at radius 3 is 2.40 bits per heavy atom. The largest absolute Gasteiger partial charge is 0.394 e. The Morgan fingerprint density at radius 2 is 1.95 bits per heavy atom. The number of carbonyl (C=O) groups is 1. The number of hydrogen-bond donors (Lipinski definition) is 4. The molecular weight excluding hydrogens is 286 g/mol. The van der Waals surface area contributed by atoms with E-state index in [-0.39, 0.29) is 10.6 Å². The third-order valence-electron chi connectivity index (χ3n) is 2.90. The molecule has 114 valence electrons.